The van der Waals surface area contributed by atoms with Gasteiger partial charge in [0.2, 0.25) is 0 Å². The summed E-state index contributed by atoms with van der Waals surface area (Å²) >= 11 is 0. The summed E-state index contributed by atoms with van der Waals surface area (Å²) in [5.74, 6) is 0. The Bertz CT molecular complexity index is 386. The summed E-state index contributed by atoms with van der Waals surface area (Å²) < 4.78 is 5.09. The number of aromatic nitrogens is 1. The molecule has 0 radical (unpaired) electrons. The first-order chi connectivity index (χ1) is 7.90. The van der Waals surface area contributed by atoms with Gasteiger partial charge in [-0.25, -0.2) is 4.79 Å². The van der Waals surface area contributed by atoms with E-state index in [9.17, 15) is 4.79 Å². The van der Waals surface area contributed by atoms with Crippen LogP contribution in [0.4, 0.5) is 4.79 Å². The smallest absolute Gasteiger partial charge is 0.407 e. The molecule has 0 aliphatic rings. The lowest BCUT2D eigenvalue weighted by atomic mass is 10.2. The number of nitrogens with one attached hydrogen (secondary N) is 1. The first-order valence-corrected chi connectivity index (χ1v) is 5.42. The average molecular weight is 238 g/mol. The number of rotatable bonds is 3. The summed E-state index contributed by atoms with van der Waals surface area (Å²) in [7, 11) is 0. The molecule has 0 aliphatic carbocycles. The number of hydrogen-bond acceptors (Lipinski definition) is 4. The van der Waals surface area contributed by atoms with Crippen molar-refractivity contribution in [3.63, 3.8) is 0 Å². The summed E-state index contributed by atoms with van der Waals surface area (Å²) in [5, 5.41) is 11.6. The zero-order valence-corrected chi connectivity index (χ0v) is 10.4. The standard InChI is InChI=1S/C12H18N2O3/c1-12(2,3)17-11(16)14-7-10-6-9(8-15)4-5-13-10/h4-6,15H,7-8H2,1-3H3,(H,14,16). The molecule has 2 N–H and O–H groups in total. The molecule has 0 spiro atoms. The Morgan fingerprint density at radius 1 is 1.53 bits per heavy atom. The van der Waals surface area contributed by atoms with Crippen LogP contribution in [0.3, 0.4) is 0 Å². The van der Waals surface area contributed by atoms with Crippen molar-refractivity contribution in [3.8, 4) is 0 Å². The number of aliphatic hydroxyl groups is 1. The van der Waals surface area contributed by atoms with Gasteiger partial charge in [-0.3, -0.25) is 4.98 Å². The maximum absolute atomic E-state index is 11.4. The number of aliphatic hydroxyl groups excluding tert-OH is 1. The largest absolute Gasteiger partial charge is 0.444 e. The normalized spacial score (nSPS) is 11.1. The van der Waals surface area contributed by atoms with Crippen LogP contribution in [0.1, 0.15) is 32.0 Å². The minimum atomic E-state index is -0.509. The highest BCUT2D eigenvalue weighted by Crippen LogP contribution is 2.07. The summed E-state index contributed by atoms with van der Waals surface area (Å²) in [6.07, 6.45) is 1.12. The van der Waals surface area contributed by atoms with Crippen LogP contribution in [-0.2, 0) is 17.9 Å². The van der Waals surface area contributed by atoms with E-state index in [4.69, 9.17) is 9.84 Å². The van der Waals surface area contributed by atoms with Crippen molar-refractivity contribution in [2.24, 2.45) is 0 Å². The first-order valence-electron chi connectivity index (χ1n) is 5.42. The minimum Gasteiger partial charge on any atom is -0.444 e. The van der Waals surface area contributed by atoms with Gasteiger partial charge in [0.25, 0.3) is 0 Å². The molecule has 0 bridgehead atoms. The van der Waals surface area contributed by atoms with Gasteiger partial charge in [-0.15, -0.1) is 0 Å². The molecule has 94 valence electrons. The van der Waals surface area contributed by atoms with Gasteiger partial charge in [0, 0.05) is 6.20 Å². The maximum atomic E-state index is 11.4. The van der Waals surface area contributed by atoms with E-state index in [0.29, 0.717) is 5.69 Å². The van der Waals surface area contributed by atoms with Gasteiger partial charge in [-0.1, -0.05) is 0 Å². The van der Waals surface area contributed by atoms with Crippen LogP contribution in [0.2, 0.25) is 0 Å². The topological polar surface area (TPSA) is 71.5 Å². The highest BCUT2D eigenvalue weighted by Gasteiger charge is 2.15. The van der Waals surface area contributed by atoms with E-state index in [1.165, 1.54) is 0 Å². The number of hydrogen-bond donors (Lipinski definition) is 2. The van der Waals surface area contributed by atoms with E-state index in [1.807, 2.05) is 0 Å². The van der Waals surface area contributed by atoms with Crippen LogP contribution in [0, 0.1) is 0 Å². The third-order valence-electron chi connectivity index (χ3n) is 1.88. The number of carbonyl (C=O) groups is 1. The molecule has 1 heterocycles. The monoisotopic (exact) mass is 238 g/mol. The van der Waals surface area contributed by atoms with E-state index >= 15 is 0 Å². The molecule has 0 fully saturated rings. The maximum Gasteiger partial charge on any atom is 0.407 e. The number of ether oxygens (including phenoxy) is 1. The second kappa shape index (κ2) is 5.63. The van der Waals surface area contributed by atoms with Gasteiger partial charge in [-0.2, -0.15) is 0 Å². The fourth-order valence-corrected chi connectivity index (χ4v) is 1.20. The van der Waals surface area contributed by atoms with E-state index < -0.39 is 11.7 Å². The van der Waals surface area contributed by atoms with Gasteiger partial charge < -0.3 is 15.2 Å². The summed E-state index contributed by atoms with van der Waals surface area (Å²) in [5.41, 5.74) is 0.938. The third-order valence-corrected chi connectivity index (χ3v) is 1.88. The van der Waals surface area contributed by atoms with E-state index in [0.717, 1.165) is 5.56 Å². The lowest BCUT2D eigenvalue weighted by molar-refractivity contribution is 0.0523. The van der Waals surface area contributed by atoms with E-state index in [1.54, 1.807) is 39.1 Å². The van der Waals surface area contributed by atoms with Gasteiger partial charge in [-0.05, 0) is 38.5 Å². The molecular weight excluding hydrogens is 220 g/mol. The van der Waals surface area contributed by atoms with Crippen LogP contribution in [0.25, 0.3) is 0 Å². The third kappa shape index (κ3) is 5.31. The zero-order chi connectivity index (χ0) is 12.9. The average Bonchev–Trinajstić information content (AvgIpc) is 2.24. The molecule has 0 saturated carbocycles. The fraction of sp³-hybridized carbons (Fsp3) is 0.500. The molecule has 1 aromatic heterocycles. The van der Waals surface area contributed by atoms with Gasteiger partial charge >= 0.3 is 6.09 Å². The quantitative estimate of drug-likeness (QED) is 0.839. The van der Waals surface area contributed by atoms with Crippen molar-refractivity contribution in [1.29, 1.82) is 0 Å². The Labute approximate surface area is 101 Å². The second-order valence-corrected chi connectivity index (χ2v) is 4.67. The Morgan fingerprint density at radius 2 is 2.24 bits per heavy atom. The minimum absolute atomic E-state index is 0.0397. The number of alkyl carbamates (subject to hydrolysis) is 1. The molecule has 5 nitrogen and oxygen atoms in total. The van der Waals surface area contributed by atoms with Crippen molar-refractivity contribution in [3.05, 3.63) is 29.6 Å². The molecule has 1 amide bonds. The van der Waals surface area contributed by atoms with Crippen molar-refractivity contribution in [2.75, 3.05) is 0 Å². The first kappa shape index (κ1) is 13.4. The van der Waals surface area contributed by atoms with Crippen molar-refractivity contribution >= 4 is 6.09 Å². The molecule has 17 heavy (non-hydrogen) atoms. The SMILES string of the molecule is CC(C)(C)OC(=O)NCc1cc(CO)ccn1. The van der Waals surface area contributed by atoms with Crippen molar-refractivity contribution in [1.82, 2.24) is 10.3 Å². The van der Waals surface area contributed by atoms with Gasteiger partial charge in [0.1, 0.15) is 5.60 Å². The number of pyridine rings is 1. The summed E-state index contributed by atoms with van der Waals surface area (Å²) in [4.78, 5) is 15.5. The summed E-state index contributed by atoms with van der Waals surface area (Å²) in [6.45, 7) is 5.65. The highest BCUT2D eigenvalue weighted by atomic mass is 16.6. The van der Waals surface area contributed by atoms with Crippen LogP contribution >= 0.6 is 0 Å². The molecule has 1 rings (SSSR count). The van der Waals surface area contributed by atoms with Crippen LogP contribution < -0.4 is 5.32 Å². The molecule has 0 unspecified atom stereocenters. The molecule has 0 aromatic carbocycles. The van der Waals surface area contributed by atoms with Gasteiger partial charge in [0.05, 0.1) is 18.8 Å². The van der Waals surface area contributed by atoms with Crippen LogP contribution in [0.5, 0.6) is 0 Å². The van der Waals surface area contributed by atoms with Crippen molar-refractivity contribution < 1.29 is 14.6 Å². The predicted molar refractivity (Wildman–Crippen MR) is 63.2 cm³/mol. The fourth-order valence-electron chi connectivity index (χ4n) is 1.20. The lowest BCUT2D eigenvalue weighted by Gasteiger charge is -2.19. The van der Waals surface area contributed by atoms with Crippen LogP contribution in [-0.4, -0.2) is 21.8 Å². The Balaban J connectivity index is 2.47. The Kier molecular flexibility index (Phi) is 4.45. The Morgan fingerprint density at radius 3 is 2.82 bits per heavy atom. The highest BCUT2D eigenvalue weighted by molar-refractivity contribution is 5.67. The molecule has 0 saturated heterocycles. The molecular formula is C12H18N2O3. The van der Waals surface area contributed by atoms with Crippen molar-refractivity contribution in [2.45, 2.75) is 39.5 Å². The Hall–Kier alpha value is -1.62. The molecule has 0 aliphatic heterocycles. The predicted octanol–water partition coefficient (Wildman–Crippen LogP) is 1.60. The van der Waals surface area contributed by atoms with Crippen LogP contribution in [0.15, 0.2) is 18.3 Å². The molecule has 5 heteroatoms. The summed E-state index contributed by atoms with van der Waals surface area (Å²) in [6, 6.07) is 3.45. The molecule has 0 atom stereocenters. The second-order valence-electron chi connectivity index (χ2n) is 4.67. The van der Waals surface area contributed by atoms with E-state index in [2.05, 4.69) is 10.3 Å². The number of amides is 1. The number of nitrogens with zero attached hydrogens (tertiary/aromatic N) is 1. The van der Waals surface area contributed by atoms with E-state index in [-0.39, 0.29) is 13.2 Å². The number of carbonyl (C=O) groups excluding carboxylic acids is 1. The molecule has 1 aromatic rings. The zero-order valence-electron chi connectivity index (χ0n) is 10.4. The lowest BCUT2D eigenvalue weighted by Crippen LogP contribution is -2.32. The van der Waals surface area contributed by atoms with Gasteiger partial charge in [0.15, 0.2) is 0 Å².